The SMILES string of the molecule is COc1cc(NC(C)c2ccc(O)cc2F)cc(OC)c1. The van der Waals surface area contributed by atoms with E-state index in [0.717, 1.165) is 11.8 Å². The van der Waals surface area contributed by atoms with Gasteiger partial charge in [-0.05, 0) is 13.0 Å². The molecular weight excluding hydrogens is 273 g/mol. The fraction of sp³-hybridized carbons (Fsp3) is 0.250. The van der Waals surface area contributed by atoms with Crippen molar-refractivity contribution in [2.24, 2.45) is 0 Å². The van der Waals surface area contributed by atoms with Crippen molar-refractivity contribution in [3.05, 3.63) is 47.8 Å². The summed E-state index contributed by atoms with van der Waals surface area (Å²) in [5, 5.41) is 12.4. The van der Waals surface area contributed by atoms with Crippen LogP contribution in [0.15, 0.2) is 36.4 Å². The lowest BCUT2D eigenvalue weighted by Crippen LogP contribution is -2.08. The quantitative estimate of drug-likeness (QED) is 0.881. The van der Waals surface area contributed by atoms with E-state index in [1.54, 1.807) is 38.5 Å². The smallest absolute Gasteiger partial charge is 0.132 e. The van der Waals surface area contributed by atoms with Crippen molar-refractivity contribution in [2.75, 3.05) is 19.5 Å². The number of aromatic hydroxyl groups is 1. The van der Waals surface area contributed by atoms with E-state index in [0.29, 0.717) is 17.1 Å². The highest BCUT2D eigenvalue weighted by molar-refractivity contribution is 5.55. The highest BCUT2D eigenvalue weighted by Crippen LogP contribution is 2.29. The van der Waals surface area contributed by atoms with Gasteiger partial charge in [0.05, 0.1) is 20.3 Å². The maximum Gasteiger partial charge on any atom is 0.132 e. The number of hydrogen-bond acceptors (Lipinski definition) is 4. The van der Waals surface area contributed by atoms with Crippen molar-refractivity contribution in [3.8, 4) is 17.2 Å². The predicted molar refractivity (Wildman–Crippen MR) is 79.6 cm³/mol. The minimum atomic E-state index is -0.454. The first-order valence-electron chi connectivity index (χ1n) is 6.51. The Hall–Kier alpha value is -2.43. The molecule has 2 rings (SSSR count). The van der Waals surface area contributed by atoms with Crippen LogP contribution >= 0.6 is 0 Å². The molecule has 1 unspecified atom stereocenters. The standard InChI is InChI=1S/C16H18FNO3/c1-10(15-5-4-12(19)8-16(15)17)18-11-6-13(20-2)9-14(7-11)21-3/h4-10,18-19H,1-3H3. The Kier molecular flexibility index (Phi) is 4.52. The third-order valence-electron chi connectivity index (χ3n) is 3.19. The Bertz CT molecular complexity index is 609. The molecule has 0 saturated heterocycles. The van der Waals surface area contributed by atoms with E-state index in [1.165, 1.54) is 6.07 Å². The van der Waals surface area contributed by atoms with Gasteiger partial charge in [-0.25, -0.2) is 4.39 Å². The Morgan fingerprint density at radius 2 is 1.67 bits per heavy atom. The molecule has 0 radical (unpaired) electrons. The molecule has 0 aliphatic carbocycles. The molecule has 112 valence electrons. The van der Waals surface area contributed by atoms with Gasteiger partial charge in [-0.2, -0.15) is 0 Å². The van der Waals surface area contributed by atoms with Crippen LogP contribution in [0.2, 0.25) is 0 Å². The van der Waals surface area contributed by atoms with E-state index in [2.05, 4.69) is 5.32 Å². The average molecular weight is 291 g/mol. The number of rotatable bonds is 5. The van der Waals surface area contributed by atoms with Crippen LogP contribution in [0.5, 0.6) is 17.2 Å². The monoisotopic (exact) mass is 291 g/mol. The largest absolute Gasteiger partial charge is 0.508 e. The third kappa shape index (κ3) is 3.56. The van der Waals surface area contributed by atoms with Crippen LogP contribution in [0, 0.1) is 5.82 Å². The molecule has 1 atom stereocenters. The average Bonchev–Trinajstić information content (AvgIpc) is 2.46. The summed E-state index contributed by atoms with van der Waals surface area (Å²) in [4.78, 5) is 0. The third-order valence-corrected chi connectivity index (χ3v) is 3.19. The second kappa shape index (κ2) is 6.35. The second-order valence-corrected chi connectivity index (χ2v) is 4.67. The molecule has 0 bridgehead atoms. The summed E-state index contributed by atoms with van der Waals surface area (Å²) in [6, 6.07) is 9.20. The molecule has 2 aromatic rings. The van der Waals surface area contributed by atoms with Crippen LogP contribution in [-0.2, 0) is 0 Å². The first-order valence-corrected chi connectivity index (χ1v) is 6.51. The molecular formula is C16H18FNO3. The minimum Gasteiger partial charge on any atom is -0.508 e. The zero-order valence-corrected chi connectivity index (χ0v) is 12.2. The number of ether oxygens (including phenoxy) is 2. The fourth-order valence-corrected chi connectivity index (χ4v) is 2.09. The summed E-state index contributed by atoms with van der Waals surface area (Å²) in [5.41, 5.74) is 1.22. The van der Waals surface area contributed by atoms with Gasteiger partial charge in [0.1, 0.15) is 23.1 Å². The molecule has 4 nitrogen and oxygen atoms in total. The highest BCUT2D eigenvalue weighted by Gasteiger charge is 2.12. The second-order valence-electron chi connectivity index (χ2n) is 4.67. The van der Waals surface area contributed by atoms with E-state index < -0.39 is 5.82 Å². The van der Waals surface area contributed by atoms with Gasteiger partial charge in [0.25, 0.3) is 0 Å². The number of halogens is 1. The van der Waals surface area contributed by atoms with Gasteiger partial charge in [-0.3, -0.25) is 0 Å². The molecule has 0 amide bonds. The lowest BCUT2D eigenvalue weighted by molar-refractivity contribution is 0.394. The Labute approximate surface area is 123 Å². The van der Waals surface area contributed by atoms with E-state index in [-0.39, 0.29) is 11.8 Å². The number of phenols is 1. The summed E-state index contributed by atoms with van der Waals surface area (Å²) in [6.07, 6.45) is 0. The molecule has 0 aliphatic rings. The van der Waals surface area contributed by atoms with Gasteiger partial charge in [0, 0.05) is 35.5 Å². The van der Waals surface area contributed by atoms with Crippen molar-refractivity contribution in [2.45, 2.75) is 13.0 Å². The molecule has 0 heterocycles. The van der Waals surface area contributed by atoms with E-state index in [4.69, 9.17) is 9.47 Å². The van der Waals surface area contributed by atoms with Crippen LogP contribution in [0.4, 0.5) is 10.1 Å². The van der Waals surface area contributed by atoms with E-state index in [9.17, 15) is 9.50 Å². The van der Waals surface area contributed by atoms with Crippen LogP contribution in [-0.4, -0.2) is 19.3 Å². The maximum atomic E-state index is 13.8. The van der Waals surface area contributed by atoms with Crippen molar-refractivity contribution < 1.29 is 19.0 Å². The molecule has 0 aromatic heterocycles. The van der Waals surface area contributed by atoms with Gasteiger partial charge >= 0.3 is 0 Å². The zero-order chi connectivity index (χ0) is 15.4. The number of nitrogens with one attached hydrogen (secondary N) is 1. The Morgan fingerprint density at radius 1 is 1.05 bits per heavy atom. The maximum absolute atomic E-state index is 13.8. The lowest BCUT2D eigenvalue weighted by Gasteiger charge is -2.18. The van der Waals surface area contributed by atoms with Crippen molar-refractivity contribution >= 4 is 5.69 Å². The highest BCUT2D eigenvalue weighted by atomic mass is 19.1. The minimum absolute atomic E-state index is 0.0912. The van der Waals surface area contributed by atoms with E-state index in [1.807, 2.05) is 6.92 Å². The van der Waals surface area contributed by atoms with Gasteiger partial charge in [-0.1, -0.05) is 6.07 Å². The Balaban J connectivity index is 2.24. The molecule has 5 heteroatoms. The molecule has 0 fully saturated rings. The summed E-state index contributed by atoms with van der Waals surface area (Å²) in [7, 11) is 3.14. The summed E-state index contributed by atoms with van der Waals surface area (Å²) in [6.45, 7) is 1.83. The number of anilines is 1. The molecule has 21 heavy (non-hydrogen) atoms. The fourth-order valence-electron chi connectivity index (χ4n) is 2.09. The first-order chi connectivity index (χ1) is 10.0. The molecule has 0 saturated carbocycles. The van der Waals surface area contributed by atoms with Crippen molar-refractivity contribution in [1.82, 2.24) is 0 Å². The van der Waals surface area contributed by atoms with Crippen LogP contribution in [0.25, 0.3) is 0 Å². The molecule has 0 spiro atoms. The normalized spacial score (nSPS) is 11.8. The van der Waals surface area contributed by atoms with Gasteiger partial charge in [0.2, 0.25) is 0 Å². The van der Waals surface area contributed by atoms with Crippen LogP contribution in [0.1, 0.15) is 18.5 Å². The van der Waals surface area contributed by atoms with Gasteiger partial charge < -0.3 is 19.9 Å². The zero-order valence-electron chi connectivity index (χ0n) is 12.2. The number of benzene rings is 2. The summed E-state index contributed by atoms with van der Waals surface area (Å²) >= 11 is 0. The Morgan fingerprint density at radius 3 is 2.19 bits per heavy atom. The summed E-state index contributed by atoms with van der Waals surface area (Å²) in [5.74, 6) is 0.752. The molecule has 2 N–H and O–H groups in total. The number of hydrogen-bond donors (Lipinski definition) is 2. The van der Waals surface area contributed by atoms with Gasteiger partial charge in [0.15, 0.2) is 0 Å². The lowest BCUT2D eigenvalue weighted by atomic mass is 10.1. The molecule has 0 aliphatic heterocycles. The number of methoxy groups -OCH3 is 2. The number of phenolic OH excluding ortho intramolecular Hbond substituents is 1. The predicted octanol–water partition coefficient (Wildman–Crippen LogP) is 3.72. The molecule has 2 aromatic carbocycles. The van der Waals surface area contributed by atoms with Crippen molar-refractivity contribution in [1.29, 1.82) is 0 Å². The summed E-state index contributed by atoms with van der Waals surface area (Å²) < 4.78 is 24.2. The van der Waals surface area contributed by atoms with Gasteiger partial charge in [-0.15, -0.1) is 0 Å². The topological polar surface area (TPSA) is 50.7 Å². The van der Waals surface area contributed by atoms with Crippen LogP contribution in [0.3, 0.4) is 0 Å². The van der Waals surface area contributed by atoms with Crippen LogP contribution < -0.4 is 14.8 Å². The first kappa shape index (κ1) is 15.0. The van der Waals surface area contributed by atoms with E-state index >= 15 is 0 Å². The van der Waals surface area contributed by atoms with Crippen molar-refractivity contribution in [3.63, 3.8) is 0 Å².